The van der Waals surface area contributed by atoms with Gasteiger partial charge in [0.05, 0.1) is 6.61 Å². The van der Waals surface area contributed by atoms with Crippen molar-refractivity contribution in [2.24, 2.45) is 16.5 Å². The van der Waals surface area contributed by atoms with Crippen molar-refractivity contribution in [2.75, 3.05) is 13.2 Å². The molecule has 6 nitrogen and oxygen atoms in total. The molecular formula is C15H24N4O2. The van der Waals surface area contributed by atoms with E-state index in [2.05, 4.69) is 10.3 Å². The van der Waals surface area contributed by atoms with Crippen molar-refractivity contribution in [1.82, 2.24) is 5.32 Å². The van der Waals surface area contributed by atoms with Crippen LogP contribution in [-0.2, 0) is 16.1 Å². The second kappa shape index (κ2) is 9.77. The number of benzene rings is 1. The summed E-state index contributed by atoms with van der Waals surface area (Å²) < 4.78 is 5.08. The van der Waals surface area contributed by atoms with Gasteiger partial charge in [-0.25, -0.2) is 0 Å². The average molecular weight is 292 g/mol. The Kier molecular flexibility index (Phi) is 7.89. The van der Waals surface area contributed by atoms with Gasteiger partial charge >= 0.3 is 5.97 Å². The van der Waals surface area contributed by atoms with Crippen molar-refractivity contribution in [3.63, 3.8) is 0 Å². The summed E-state index contributed by atoms with van der Waals surface area (Å²) in [5.74, 6) is -0.168. The number of esters is 1. The van der Waals surface area contributed by atoms with Crippen LogP contribution in [0.25, 0.3) is 0 Å². The lowest BCUT2D eigenvalue weighted by Crippen LogP contribution is -2.38. The second-order valence-corrected chi connectivity index (χ2v) is 4.62. The van der Waals surface area contributed by atoms with Gasteiger partial charge < -0.3 is 21.5 Å². The van der Waals surface area contributed by atoms with Crippen LogP contribution >= 0.6 is 0 Å². The largest absolute Gasteiger partial charge is 0.465 e. The van der Waals surface area contributed by atoms with Gasteiger partial charge in [-0.2, -0.15) is 0 Å². The standard InChI is InChI=1S/C15H24N4O2/c1-2-21-14(20)13(9-6-10-18-15(16)17)19-11-12-7-4-3-5-8-12/h3-5,7-8,13,19H,2,6,9-11H2,1H3,(H4,16,17,18)/t13-/m0/s1. The van der Waals surface area contributed by atoms with Gasteiger partial charge in [0.25, 0.3) is 0 Å². The van der Waals surface area contributed by atoms with Gasteiger partial charge in [0, 0.05) is 13.1 Å². The van der Waals surface area contributed by atoms with Gasteiger partial charge in [0.1, 0.15) is 6.04 Å². The lowest BCUT2D eigenvalue weighted by atomic mass is 10.1. The zero-order valence-electron chi connectivity index (χ0n) is 12.4. The summed E-state index contributed by atoms with van der Waals surface area (Å²) in [4.78, 5) is 15.8. The number of rotatable bonds is 9. The number of hydrogen-bond acceptors (Lipinski definition) is 4. The zero-order valence-corrected chi connectivity index (χ0v) is 12.4. The summed E-state index contributed by atoms with van der Waals surface area (Å²) in [7, 11) is 0. The number of nitrogens with zero attached hydrogens (tertiary/aromatic N) is 1. The number of nitrogens with one attached hydrogen (secondary N) is 1. The first kappa shape index (κ1) is 17.0. The lowest BCUT2D eigenvalue weighted by molar-refractivity contribution is -0.145. The molecule has 0 unspecified atom stereocenters. The van der Waals surface area contributed by atoms with Crippen molar-refractivity contribution < 1.29 is 9.53 Å². The molecule has 0 aliphatic rings. The van der Waals surface area contributed by atoms with Gasteiger partial charge in [0.2, 0.25) is 0 Å². The Balaban J connectivity index is 2.48. The summed E-state index contributed by atoms with van der Waals surface area (Å²) >= 11 is 0. The molecule has 1 atom stereocenters. The maximum absolute atomic E-state index is 11.9. The van der Waals surface area contributed by atoms with E-state index in [1.54, 1.807) is 6.92 Å². The van der Waals surface area contributed by atoms with Gasteiger partial charge in [0.15, 0.2) is 5.96 Å². The highest BCUT2D eigenvalue weighted by Gasteiger charge is 2.18. The van der Waals surface area contributed by atoms with Crippen molar-refractivity contribution in [3.8, 4) is 0 Å². The Morgan fingerprint density at radius 2 is 2.05 bits per heavy atom. The molecule has 1 aromatic carbocycles. The maximum Gasteiger partial charge on any atom is 0.323 e. The second-order valence-electron chi connectivity index (χ2n) is 4.62. The number of aliphatic imine (C=N–C) groups is 1. The number of carbonyl (C=O) groups excluding carboxylic acids is 1. The molecule has 0 spiro atoms. The van der Waals surface area contributed by atoms with E-state index in [-0.39, 0.29) is 18.0 Å². The summed E-state index contributed by atoms with van der Waals surface area (Å²) in [6, 6.07) is 9.56. The fourth-order valence-electron chi connectivity index (χ4n) is 1.89. The molecule has 0 bridgehead atoms. The Bertz CT molecular complexity index is 444. The topological polar surface area (TPSA) is 103 Å². The zero-order chi connectivity index (χ0) is 15.5. The number of nitrogens with two attached hydrogens (primary N) is 2. The summed E-state index contributed by atoms with van der Waals surface area (Å²) in [6.07, 6.45) is 1.34. The van der Waals surface area contributed by atoms with Crippen LogP contribution in [0.2, 0.25) is 0 Å². The van der Waals surface area contributed by atoms with E-state index < -0.39 is 0 Å². The van der Waals surface area contributed by atoms with Gasteiger partial charge in [-0.1, -0.05) is 30.3 Å². The molecule has 0 aliphatic heterocycles. The monoisotopic (exact) mass is 292 g/mol. The molecule has 21 heavy (non-hydrogen) atoms. The van der Waals surface area contributed by atoms with Crippen LogP contribution in [0.3, 0.4) is 0 Å². The smallest absolute Gasteiger partial charge is 0.323 e. The highest BCUT2D eigenvalue weighted by molar-refractivity contribution is 5.76. The summed E-state index contributed by atoms with van der Waals surface area (Å²) in [5.41, 5.74) is 11.7. The third-order valence-corrected chi connectivity index (χ3v) is 2.91. The third-order valence-electron chi connectivity index (χ3n) is 2.91. The van der Waals surface area contributed by atoms with Crippen LogP contribution < -0.4 is 16.8 Å². The van der Waals surface area contributed by atoms with Crippen LogP contribution in [0.4, 0.5) is 0 Å². The molecule has 0 amide bonds. The SMILES string of the molecule is CCOC(=O)[C@H](CCCN=C(N)N)NCc1ccccc1. The van der Waals surface area contributed by atoms with Crippen LogP contribution in [0.1, 0.15) is 25.3 Å². The van der Waals surface area contributed by atoms with E-state index in [4.69, 9.17) is 16.2 Å². The summed E-state index contributed by atoms with van der Waals surface area (Å²) in [5, 5.41) is 3.22. The van der Waals surface area contributed by atoms with Gasteiger partial charge in [-0.05, 0) is 25.3 Å². The number of guanidine groups is 1. The predicted octanol–water partition coefficient (Wildman–Crippen LogP) is 0.762. The van der Waals surface area contributed by atoms with Crippen molar-refractivity contribution in [2.45, 2.75) is 32.4 Å². The first-order valence-electron chi connectivity index (χ1n) is 7.12. The molecule has 0 aromatic heterocycles. The quantitative estimate of drug-likeness (QED) is 0.270. The molecule has 1 aromatic rings. The van der Waals surface area contributed by atoms with E-state index in [0.717, 1.165) is 5.56 Å². The number of ether oxygens (including phenoxy) is 1. The highest BCUT2D eigenvalue weighted by Crippen LogP contribution is 2.04. The minimum absolute atomic E-state index is 0.0694. The minimum atomic E-state index is -0.348. The fourth-order valence-corrected chi connectivity index (χ4v) is 1.89. The first-order chi connectivity index (χ1) is 10.1. The lowest BCUT2D eigenvalue weighted by Gasteiger charge is -2.17. The molecule has 0 saturated heterocycles. The van der Waals surface area contributed by atoms with Crippen LogP contribution in [0.15, 0.2) is 35.3 Å². The van der Waals surface area contributed by atoms with E-state index in [0.29, 0.717) is 32.5 Å². The number of hydrogen-bond donors (Lipinski definition) is 3. The Labute approximate surface area is 125 Å². The van der Waals surface area contributed by atoms with Crippen LogP contribution in [0, 0.1) is 0 Å². The molecule has 0 saturated carbocycles. The molecule has 116 valence electrons. The van der Waals surface area contributed by atoms with Gasteiger partial charge in [-0.15, -0.1) is 0 Å². The van der Waals surface area contributed by atoms with E-state index in [1.165, 1.54) is 0 Å². The average Bonchev–Trinajstić information content (AvgIpc) is 2.47. The van der Waals surface area contributed by atoms with E-state index in [1.807, 2.05) is 30.3 Å². The van der Waals surface area contributed by atoms with Gasteiger partial charge in [-0.3, -0.25) is 9.79 Å². The van der Waals surface area contributed by atoms with Crippen molar-refractivity contribution in [3.05, 3.63) is 35.9 Å². The molecule has 0 radical (unpaired) electrons. The molecule has 0 heterocycles. The third kappa shape index (κ3) is 7.31. The van der Waals surface area contributed by atoms with E-state index in [9.17, 15) is 4.79 Å². The van der Waals surface area contributed by atoms with Crippen molar-refractivity contribution in [1.29, 1.82) is 0 Å². The predicted molar refractivity (Wildman–Crippen MR) is 83.6 cm³/mol. The molecular weight excluding hydrogens is 268 g/mol. The Hall–Kier alpha value is -2.08. The highest BCUT2D eigenvalue weighted by atomic mass is 16.5. The van der Waals surface area contributed by atoms with E-state index >= 15 is 0 Å². The first-order valence-corrected chi connectivity index (χ1v) is 7.12. The Morgan fingerprint density at radius 3 is 2.67 bits per heavy atom. The van der Waals surface area contributed by atoms with Crippen molar-refractivity contribution >= 4 is 11.9 Å². The molecule has 0 aliphatic carbocycles. The maximum atomic E-state index is 11.9. The van der Waals surface area contributed by atoms with Crippen LogP contribution in [-0.4, -0.2) is 31.1 Å². The van der Waals surface area contributed by atoms with Crippen LogP contribution in [0.5, 0.6) is 0 Å². The molecule has 1 rings (SSSR count). The number of carbonyl (C=O) groups is 1. The normalized spacial score (nSPS) is 11.7. The minimum Gasteiger partial charge on any atom is -0.465 e. The fraction of sp³-hybridized carbons (Fsp3) is 0.467. The summed E-state index contributed by atoms with van der Waals surface area (Å²) in [6.45, 7) is 3.29. The Morgan fingerprint density at radius 1 is 1.33 bits per heavy atom. The molecule has 6 heteroatoms. The molecule has 0 fully saturated rings. The molecule has 5 N–H and O–H groups in total.